The average Bonchev–Trinajstić information content (AvgIpc) is 2.75. The molecule has 0 spiro atoms. The maximum Gasteiger partial charge on any atom is 0.168 e. The Morgan fingerprint density at radius 1 is 0.857 bits per heavy atom. The minimum absolute atomic E-state index is 0.291. The number of piperazine rings is 1. The number of nitrogens with one attached hydrogen (secondary N) is 1. The van der Waals surface area contributed by atoms with Crippen LogP contribution in [0.25, 0.3) is 0 Å². The van der Waals surface area contributed by atoms with Gasteiger partial charge in [0.15, 0.2) is 11.6 Å². The lowest BCUT2D eigenvalue weighted by atomic mass is 10.2. The predicted octanol–water partition coefficient (Wildman–Crippen LogP) is 3.39. The molecule has 1 aliphatic heterocycles. The van der Waals surface area contributed by atoms with Gasteiger partial charge in [-0.15, -0.1) is 10.2 Å². The summed E-state index contributed by atoms with van der Waals surface area (Å²) in [6.07, 6.45) is 1.54. The van der Waals surface area contributed by atoms with Gasteiger partial charge in [0.25, 0.3) is 0 Å². The largest absolute Gasteiger partial charge is 0.368 e. The quantitative estimate of drug-likeness (QED) is 0.546. The number of benzene rings is 2. The minimum Gasteiger partial charge on any atom is -0.368 e. The van der Waals surface area contributed by atoms with Crippen molar-refractivity contribution < 1.29 is 4.39 Å². The molecule has 0 unspecified atom stereocenters. The van der Waals surface area contributed by atoms with Crippen LogP contribution < -0.4 is 15.2 Å². The van der Waals surface area contributed by atoms with E-state index in [0.717, 1.165) is 32.0 Å². The molecule has 2 heterocycles. The Hall–Kier alpha value is -3.48. The summed E-state index contributed by atoms with van der Waals surface area (Å²) in [5.41, 5.74) is 4.75. The Kier molecular flexibility index (Phi) is 5.42. The van der Waals surface area contributed by atoms with Crippen molar-refractivity contribution in [1.29, 1.82) is 0 Å². The van der Waals surface area contributed by atoms with Gasteiger partial charge in [-0.2, -0.15) is 5.10 Å². The minimum atomic E-state index is -0.291. The Morgan fingerprint density at radius 2 is 1.64 bits per heavy atom. The molecule has 0 atom stereocenters. The highest BCUT2D eigenvalue weighted by Crippen LogP contribution is 2.19. The van der Waals surface area contributed by atoms with Gasteiger partial charge in [0, 0.05) is 31.9 Å². The van der Waals surface area contributed by atoms with Crippen LogP contribution in [0.15, 0.2) is 71.8 Å². The molecule has 0 aliphatic carbocycles. The van der Waals surface area contributed by atoms with E-state index in [1.54, 1.807) is 18.3 Å². The van der Waals surface area contributed by atoms with Gasteiger partial charge in [-0.3, -0.25) is 5.43 Å². The zero-order valence-corrected chi connectivity index (χ0v) is 15.4. The van der Waals surface area contributed by atoms with Crippen molar-refractivity contribution in [2.24, 2.45) is 5.10 Å². The van der Waals surface area contributed by atoms with Crippen molar-refractivity contribution in [1.82, 2.24) is 10.2 Å². The SMILES string of the molecule is Fc1cccc(/C=N/Nc2ccc(N3CCN(c4ccccc4)CC3)nn2)c1. The average molecular weight is 376 g/mol. The fraction of sp³-hybridized carbons (Fsp3) is 0.190. The van der Waals surface area contributed by atoms with Crippen molar-refractivity contribution in [2.75, 3.05) is 41.4 Å². The number of para-hydroxylation sites is 1. The third-order valence-corrected chi connectivity index (χ3v) is 4.62. The molecule has 142 valence electrons. The molecular formula is C21H21FN6. The molecule has 28 heavy (non-hydrogen) atoms. The highest BCUT2D eigenvalue weighted by atomic mass is 19.1. The van der Waals surface area contributed by atoms with Gasteiger partial charge in [-0.05, 0) is 42.0 Å². The molecule has 2 aromatic carbocycles. The van der Waals surface area contributed by atoms with Gasteiger partial charge in [0.1, 0.15) is 5.82 Å². The van der Waals surface area contributed by atoms with Gasteiger partial charge >= 0.3 is 0 Å². The summed E-state index contributed by atoms with van der Waals surface area (Å²) in [5.74, 6) is 1.10. The van der Waals surface area contributed by atoms with Crippen LogP contribution in [0.3, 0.4) is 0 Å². The highest BCUT2D eigenvalue weighted by molar-refractivity contribution is 5.80. The maximum absolute atomic E-state index is 13.1. The first-order chi connectivity index (χ1) is 13.8. The van der Waals surface area contributed by atoms with Gasteiger partial charge < -0.3 is 9.80 Å². The molecule has 1 aliphatic rings. The topological polar surface area (TPSA) is 56.7 Å². The van der Waals surface area contributed by atoms with E-state index in [9.17, 15) is 4.39 Å². The molecule has 1 N–H and O–H groups in total. The van der Waals surface area contributed by atoms with Crippen LogP contribution >= 0.6 is 0 Å². The van der Waals surface area contributed by atoms with Crippen LogP contribution in [0.1, 0.15) is 5.56 Å². The molecule has 7 heteroatoms. The molecule has 4 rings (SSSR count). The van der Waals surface area contributed by atoms with E-state index in [4.69, 9.17) is 0 Å². The van der Waals surface area contributed by atoms with E-state index in [2.05, 4.69) is 54.8 Å². The van der Waals surface area contributed by atoms with Crippen molar-refractivity contribution in [2.45, 2.75) is 0 Å². The molecule has 0 amide bonds. The van der Waals surface area contributed by atoms with Gasteiger partial charge in [-0.25, -0.2) is 4.39 Å². The predicted molar refractivity (Wildman–Crippen MR) is 111 cm³/mol. The van der Waals surface area contributed by atoms with E-state index in [-0.39, 0.29) is 5.82 Å². The number of hydrazone groups is 1. The lowest BCUT2D eigenvalue weighted by Crippen LogP contribution is -2.46. The first-order valence-corrected chi connectivity index (χ1v) is 9.21. The number of rotatable bonds is 5. The van der Waals surface area contributed by atoms with Crippen LogP contribution in [0.4, 0.5) is 21.7 Å². The molecule has 1 saturated heterocycles. The normalized spacial score (nSPS) is 14.5. The molecule has 1 fully saturated rings. The van der Waals surface area contributed by atoms with Crippen molar-refractivity contribution in [3.8, 4) is 0 Å². The molecule has 1 aromatic heterocycles. The van der Waals surface area contributed by atoms with E-state index >= 15 is 0 Å². The summed E-state index contributed by atoms with van der Waals surface area (Å²) in [4.78, 5) is 4.60. The van der Waals surface area contributed by atoms with Crippen LogP contribution in [0, 0.1) is 5.82 Å². The van der Waals surface area contributed by atoms with Crippen LogP contribution in [-0.2, 0) is 0 Å². The highest BCUT2D eigenvalue weighted by Gasteiger charge is 2.18. The number of hydrogen-bond donors (Lipinski definition) is 1. The molecule has 6 nitrogen and oxygen atoms in total. The van der Waals surface area contributed by atoms with E-state index in [1.807, 2.05) is 18.2 Å². The van der Waals surface area contributed by atoms with Crippen molar-refractivity contribution in [3.63, 3.8) is 0 Å². The summed E-state index contributed by atoms with van der Waals surface area (Å²) >= 11 is 0. The molecule has 0 saturated carbocycles. The maximum atomic E-state index is 13.1. The second kappa shape index (κ2) is 8.47. The summed E-state index contributed by atoms with van der Waals surface area (Å²) in [6, 6.07) is 20.4. The van der Waals surface area contributed by atoms with Gasteiger partial charge in [0.05, 0.1) is 6.21 Å². The van der Waals surface area contributed by atoms with Crippen molar-refractivity contribution >= 4 is 23.5 Å². The Bertz CT molecular complexity index is 921. The Morgan fingerprint density at radius 3 is 2.36 bits per heavy atom. The third-order valence-electron chi connectivity index (χ3n) is 4.62. The first-order valence-electron chi connectivity index (χ1n) is 9.21. The molecule has 0 bridgehead atoms. The first kappa shape index (κ1) is 17.9. The van der Waals surface area contributed by atoms with E-state index < -0.39 is 0 Å². The fourth-order valence-corrected chi connectivity index (χ4v) is 3.15. The third kappa shape index (κ3) is 4.43. The number of hydrogen-bond acceptors (Lipinski definition) is 6. The number of aromatic nitrogens is 2. The number of anilines is 3. The lowest BCUT2D eigenvalue weighted by Gasteiger charge is -2.36. The summed E-state index contributed by atoms with van der Waals surface area (Å²) in [5, 5.41) is 12.6. The Balaban J connectivity index is 1.31. The second-order valence-corrected chi connectivity index (χ2v) is 6.51. The van der Waals surface area contributed by atoms with E-state index in [0.29, 0.717) is 11.4 Å². The molecular weight excluding hydrogens is 355 g/mol. The Labute approximate surface area is 163 Å². The van der Waals surface area contributed by atoms with E-state index in [1.165, 1.54) is 17.8 Å². The zero-order chi connectivity index (χ0) is 19.2. The van der Waals surface area contributed by atoms with Gasteiger partial charge in [-0.1, -0.05) is 30.3 Å². The van der Waals surface area contributed by atoms with Crippen molar-refractivity contribution in [3.05, 3.63) is 78.1 Å². The summed E-state index contributed by atoms with van der Waals surface area (Å²) < 4.78 is 13.1. The summed E-state index contributed by atoms with van der Waals surface area (Å²) in [7, 11) is 0. The fourth-order valence-electron chi connectivity index (χ4n) is 3.15. The molecule has 0 radical (unpaired) electrons. The zero-order valence-electron chi connectivity index (χ0n) is 15.4. The van der Waals surface area contributed by atoms with Gasteiger partial charge in [0.2, 0.25) is 0 Å². The van der Waals surface area contributed by atoms with Crippen LogP contribution in [0.2, 0.25) is 0 Å². The smallest absolute Gasteiger partial charge is 0.168 e. The number of halogens is 1. The monoisotopic (exact) mass is 376 g/mol. The lowest BCUT2D eigenvalue weighted by molar-refractivity contribution is 0.627. The van der Waals surface area contributed by atoms with Crippen LogP contribution in [0.5, 0.6) is 0 Å². The van der Waals surface area contributed by atoms with Crippen LogP contribution in [-0.4, -0.2) is 42.6 Å². The summed E-state index contributed by atoms with van der Waals surface area (Å²) in [6.45, 7) is 3.69. The standard InChI is InChI=1S/C21H21FN6/c22-18-6-4-5-17(15-18)16-23-24-20-9-10-21(26-25-20)28-13-11-27(12-14-28)19-7-2-1-3-8-19/h1-10,15-16H,11-14H2,(H,24,25)/b23-16+. The second-order valence-electron chi connectivity index (χ2n) is 6.51. The molecule has 3 aromatic rings. The number of nitrogens with zero attached hydrogens (tertiary/aromatic N) is 5.